The van der Waals surface area contributed by atoms with Gasteiger partial charge in [-0.05, 0) is 24.3 Å². The summed E-state index contributed by atoms with van der Waals surface area (Å²) in [4.78, 5) is 11.1. The Morgan fingerprint density at radius 2 is 1.88 bits per heavy atom. The molecule has 0 aliphatic heterocycles. The normalized spacial score (nSPS) is 11.2. The van der Waals surface area contributed by atoms with E-state index >= 15 is 0 Å². The Kier molecular flexibility index (Phi) is 4.33. The van der Waals surface area contributed by atoms with Gasteiger partial charge in [0.1, 0.15) is 13.2 Å². The van der Waals surface area contributed by atoms with Crippen LogP contribution in [0.5, 0.6) is 0 Å². The second-order valence-corrected chi connectivity index (χ2v) is 3.28. The van der Waals surface area contributed by atoms with Crippen molar-refractivity contribution in [1.82, 2.24) is 0 Å². The van der Waals surface area contributed by atoms with Crippen molar-refractivity contribution in [1.29, 1.82) is 0 Å². The Balaban J connectivity index is 2.32. The Labute approximate surface area is 95.6 Å². The number of hydrogen-bond donors (Lipinski definition) is 2. The van der Waals surface area contributed by atoms with Crippen molar-refractivity contribution in [2.75, 3.05) is 24.3 Å². The number of anilines is 2. The average Bonchev–Trinajstić information content (AvgIpc) is 2.19. The molecule has 0 unspecified atom stereocenters. The van der Waals surface area contributed by atoms with E-state index in [0.717, 1.165) is 0 Å². The van der Waals surface area contributed by atoms with E-state index in [1.807, 2.05) is 0 Å². The highest BCUT2D eigenvalue weighted by molar-refractivity contribution is 5.91. The highest BCUT2D eigenvalue weighted by atomic mass is 19.4. The number of nitrogens with two attached hydrogens (primary N) is 1. The quantitative estimate of drug-likeness (QED) is 0.798. The van der Waals surface area contributed by atoms with Gasteiger partial charge >= 0.3 is 6.18 Å². The molecular weight excluding hydrogens is 237 g/mol. The number of alkyl halides is 3. The van der Waals surface area contributed by atoms with Crippen molar-refractivity contribution < 1.29 is 22.7 Å². The van der Waals surface area contributed by atoms with E-state index in [-0.39, 0.29) is 0 Å². The van der Waals surface area contributed by atoms with Gasteiger partial charge in [0.25, 0.3) is 0 Å². The Morgan fingerprint density at radius 1 is 1.29 bits per heavy atom. The van der Waals surface area contributed by atoms with Crippen LogP contribution in [0.3, 0.4) is 0 Å². The topological polar surface area (TPSA) is 64.3 Å². The van der Waals surface area contributed by atoms with Gasteiger partial charge in [-0.3, -0.25) is 4.79 Å². The van der Waals surface area contributed by atoms with Crippen molar-refractivity contribution in [3.63, 3.8) is 0 Å². The fourth-order valence-corrected chi connectivity index (χ4v) is 1.02. The lowest BCUT2D eigenvalue weighted by Gasteiger charge is -2.08. The van der Waals surface area contributed by atoms with Gasteiger partial charge in [-0.25, -0.2) is 0 Å². The van der Waals surface area contributed by atoms with Crippen LogP contribution in [0.2, 0.25) is 0 Å². The Bertz CT molecular complexity index is 376. The average molecular weight is 248 g/mol. The molecule has 0 bridgehead atoms. The number of ether oxygens (including phenoxy) is 1. The number of carbonyl (C=O) groups is 1. The number of hydrogen-bond acceptors (Lipinski definition) is 3. The van der Waals surface area contributed by atoms with Crippen LogP contribution < -0.4 is 11.1 Å². The molecule has 0 fully saturated rings. The summed E-state index contributed by atoms with van der Waals surface area (Å²) in [5.41, 5.74) is 6.39. The number of rotatable bonds is 4. The van der Waals surface area contributed by atoms with Gasteiger partial charge in [0.05, 0.1) is 0 Å². The summed E-state index contributed by atoms with van der Waals surface area (Å²) in [7, 11) is 0. The molecule has 0 aliphatic rings. The molecule has 4 nitrogen and oxygen atoms in total. The van der Waals surface area contributed by atoms with Gasteiger partial charge in [-0.1, -0.05) is 0 Å². The molecule has 0 atom stereocenters. The van der Waals surface area contributed by atoms with Gasteiger partial charge in [-0.2, -0.15) is 13.2 Å². The van der Waals surface area contributed by atoms with Crippen molar-refractivity contribution in [2.24, 2.45) is 0 Å². The Morgan fingerprint density at radius 3 is 2.41 bits per heavy atom. The molecule has 0 aliphatic carbocycles. The molecule has 17 heavy (non-hydrogen) atoms. The highest BCUT2D eigenvalue weighted by Gasteiger charge is 2.27. The van der Waals surface area contributed by atoms with E-state index in [1.165, 1.54) is 12.1 Å². The largest absolute Gasteiger partial charge is 0.411 e. The van der Waals surface area contributed by atoms with Crippen LogP contribution in [-0.4, -0.2) is 25.3 Å². The summed E-state index contributed by atoms with van der Waals surface area (Å²) >= 11 is 0. The van der Waals surface area contributed by atoms with E-state index in [4.69, 9.17) is 5.73 Å². The molecule has 1 aromatic rings. The third-order valence-corrected chi connectivity index (χ3v) is 1.69. The molecule has 94 valence electrons. The zero-order valence-corrected chi connectivity index (χ0v) is 8.75. The summed E-state index contributed by atoms with van der Waals surface area (Å²) in [5.74, 6) is -0.654. The standard InChI is InChI=1S/C10H11F3N2O2/c11-10(12,13)6-17-5-9(16)15-8-3-1-7(14)2-4-8/h1-4H,5-6,14H2,(H,15,16). The lowest BCUT2D eigenvalue weighted by molar-refractivity contribution is -0.174. The first-order valence-corrected chi connectivity index (χ1v) is 4.67. The first-order valence-electron chi connectivity index (χ1n) is 4.67. The zero-order chi connectivity index (χ0) is 12.9. The van der Waals surface area contributed by atoms with Crippen LogP contribution in [0, 0.1) is 0 Å². The van der Waals surface area contributed by atoms with Crippen molar-refractivity contribution in [3.8, 4) is 0 Å². The van der Waals surface area contributed by atoms with Crippen LogP contribution >= 0.6 is 0 Å². The number of halogens is 3. The molecule has 1 rings (SSSR count). The van der Waals surface area contributed by atoms with E-state index in [2.05, 4.69) is 10.1 Å². The molecule has 0 heterocycles. The molecule has 1 aromatic carbocycles. The fraction of sp³-hybridized carbons (Fsp3) is 0.300. The summed E-state index contributed by atoms with van der Waals surface area (Å²) in [6, 6.07) is 6.20. The van der Waals surface area contributed by atoms with Gasteiger partial charge in [0.2, 0.25) is 5.91 Å². The van der Waals surface area contributed by atoms with Gasteiger partial charge in [0, 0.05) is 11.4 Å². The predicted octanol–water partition coefficient (Wildman–Crippen LogP) is 1.79. The number of benzene rings is 1. The Hall–Kier alpha value is -1.76. The molecule has 0 saturated carbocycles. The van der Waals surface area contributed by atoms with Crippen LogP contribution in [0.4, 0.5) is 24.5 Å². The smallest absolute Gasteiger partial charge is 0.399 e. The third-order valence-electron chi connectivity index (χ3n) is 1.69. The minimum Gasteiger partial charge on any atom is -0.399 e. The van der Waals surface area contributed by atoms with Gasteiger partial charge < -0.3 is 15.8 Å². The summed E-state index contributed by atoms with van der Waals surface area (Å²) in [5, 5.41) is 2.37. The number of nitrogens with one attached hydrogen (secondary N) is 1. The van der Waals surface area contributed by atoms with Crippen LogP contribution in [0.25, 0.3) is 0 Å². The number of amides is 1. The predicted molar refractivity (Wildman–Crippen MR) is 56.4 cm³/mol. The third kappa shape index (κ3) is 5.76. The first-order chi connectivity index (χ1) is 7.87. The first kappa shape index (κ1) is 13.3. The molecule has 0 spiro atoms. The number of nitrogen functional groups attached to an aromatic ring is 1. The molecule has 1 amide bonds. The minimum absolute atomic E-state index is 0.444. The molecule has 0 radical (unpaired) electrons. The van der Waals surface area contributed by atoms with Gasteiger partial charge in [-0.15, -0.1) is 0 Å². The SMILES string of the molecule is Nc1ccc(NC(=O)COCC(F)(F)F)cc1. The maximum absolute atomic E-state index is 11.7. The lowest BCUT2D eigenvalue weighted by atomic mass is 10.3. The van der Waals surface area contributed by atoms with Crippen molar-refractivity contribution in [3.05, 3.63) is 24.3 Å². The van der Waals surface area contributed by atoms with Crippen molar-refractivity contribution in [2.45, 2.75) is 6.18 Å². The lowest BCUT2D eigenvalue weighted by Crippen LogP contribution is -2.23. The summed E-state index contributed by atoms with van der Waals surface area (Å²) in [6.07, 6.45) is -4.43. The fourth-order valence-electron chi connectivity index (χ4n) is 1.02. The van der Waals surface area contributed by atoms with E-state index < -0.39 is 25.3 Å². The van der Waals surface area contributed by atoms with Crippen LogP contribution in [-0.2, 0) is 9.53 Å². The monoisotopic (exact) mass is 248 g/mol. The maximum Gasteiger partial charge on any atom is 0.411 e. The van der Waals surface area contributed by atoms with Crippen molar-refractivity contribution >= 4 is 17.3 Å². The summed E-state index contributed by atoms with van der Waals surface area (Å²) < 4.78 is 39.3. The van der Waals surface area contributed by atoms with Crippen LogP contribution in [0.1, 0.15) is 0 Å². The van der Waals surface area contributed by atoms with E-state index in [9.17, 15) is 18.0 Å². The van der Waals surface area contributed by atoms with Gasteiger partial charge in [0.15, 0.2) is 0 Å². The van der Waals surface area contributed by atoms with E-state index in [0.29, 0.717) is 11.4 Å². The molecule has 0 aromatic heterocycles. The second kappa shape index (κ2) is 5.53. The molecular formula is C10H11F3N2O2. The zero-order valence-electron chi connectivity index (χ0n) is 8.75. The second-order valence-electron chi connectivity index (χ2n) is 3.28. The minimum atomic E-state index is -4.43. The summed E-state index contributed by atoms with van der Waals surface area (Å²) in [6.45, 7) is -2.09. The highest BCUT2D eigenvalue weighted by Crippen LogP contribution is 2.14. The van der Waals surface area contributed by atoms with Crippen LogP contribution in [0.15, 0.2) is 24.3 Å². The molecule has 3 N–H and O–H groups in total. The number of carbonyl (C=O) groups excluding carboxylic acids is 1. The molecule has 7 heteroatoms. The molecule has 0 saturated heterocycles. The van der Waals surface area contributed by atoms with E-state index in [1.54, 1.807) is 12.1 Å². The maximum atomic E-state index is 11.7.